The van der Waals surface area contributed by atoms with Crippen LogP contribution in [0.15, 0.2) is 61.7 Å². The Hall–Kier alpha value is -2.84. The van der Waals surface area contributed by atoms with Gasteiger partial charge in [0.15, 0.2) is 0 Å². The molecule has 0 spiro atoms. The van der Waals surface area contributed by atoms with Crippen LogP contribution >= 0.6 is 23.5 Å². The molecule has 0 amide bonds. The summed E-state index contributed by atoms with van der Waals surface area (Å²) in [5, 5.41) is 0. The van der Waals surface area contributed by atoms with E-state index in [0.717, 1.165) is 63.3 Å². The van der Waals surface area contributed by atoms with Gasteiger partial charge in [-0.1, -0.05) is 6.08 Å². The van der Waals surface area contributed by atoms with Crippen molar-refractivity contribution in [2.75, 3.05) is 0 Å². The number of nitrogens with zero attached hydrogens (tertiary/aromatic N) is 6. The molecule has 4 heterocycles. The fourth-order valence-electron chi connectivity index (χ4n) is 2.42. The van der Waals surface area contributed by atoms with Crippen LogP contribution in [0.3, 0.4) is 0 Å². The van der Waals surface area contributed by atoms with E-state index in [1.54, 1.807) is 30.9 Å². The van der Waals surface area contributed by atoms with Crippen molar-refractivity contribution >= 4 is 23.5 Å². The summed E-state index contributed by atoms with van der Waals surface area (Å²) in [7, 11) is 0. The van der Waals surface area contributed by atoms with Gasteiger partial charge in [-0.3, -0.25) is 9.97 Å². The van der Waals surface area contributed by atoms with Gasteiger partial charge in [-0.15, -0.1) is 6.58 Å². The van der Waals surface area contributed by atoms with Crippen LogP contribution in [0.1, 0.15) is 11.4 Å². The molecule has 0 bridgehead atoms. The van der Waals surface area contributed by atoms with Gasteiger partial charge >= 0.3 is 0 Å². The Kier molecular flexibility index (Phi) is 4.36. The number of allylic oxidation sites excluding steroid dienone is 1. The molecule has 4 rings (SSSR count). The predicted molar refractivity (Wildman–Crippen MR) is 97.9 cm³/mol. The zero-order valence-corrected chi connectivity index (χ0v) is 14.5. The highest BCUT2D eigenvalue weighted by Gasteiger charge is 2.26. The Balaban J connectivity index is 1.81. The van der Waals surface area contributed by atoms with Crippen LogP contribution in [0.25, 0.3) is 22.5 Å². The van der Waals surface area contributed by atoms with Gasteiger partial charge < -0.3 is 0 Å². The van der Waals surface area contributed by atoms with E-state index < -0.39 is 0 Å². The lowest BCUT2D eigenvalue weighted by atomic mass is 9.94. The van der Waals surface area contributed by atoms with E-state index in [4.69, 9.17) is 0 Å². The molecule has 4 aromatic heterocycles. The quantitative estimate of drug-likeness (QED) is 0.538. The Bertz CT molecular complexity index is 903. The molecular weight excluding hydrogens is 352 g/mol. The Morgan fingerprint density at radius 2 is 1.32 bits per heavy atom. The standard InChI is InChI=1S/C17H11N6S2/c1-2-13(16-14(20-24-22-16)11-5-3-7-18-9-11)17-15(21-25-23-17)12-6-4-8-19-10-12/h2-10H,1H2. The van der Waals surface area contributed by atoms with Gasteiger partial charge in [-0.05, 0) is 24.3 Å². The zero-order valence-electron chi connectivity index (χ0n) is 12.9. The molecular formula is C17H11N6S2. The van der Waals surface area contributed by atoms with Crippen molar-refractivity contribution < 1.29 is 0 Å². The molecule has 0 aliphatic heterocycles. The largest absolute Gasteiger partial charge is 0.264 e. The second-order valence-electron chi connectivity index (χ2n) is 5.02. The van der Waals surface area contributed by atoms with Crippen molar-refractivity contribution in [1.82, 2.24) is 27.5 Å². The molecule has 0 saturated carbocycles. The summed E-state index contributed by atoms with van der Waals surface area (Å²) >= 11 is 2.30. The molecule has 1 radical (unpaired) electrons. The number of hydrogen-bond acceptors (Lipinski definition) is 8. The van der Waals surface area contributed by atoms with E-state index >= 15 is 0 Å². The van der Waals surface area contributed by atoms with Gasteiger partial charge in [0.25, 0.3) is 0 Å². The normalized spacial score (nSPS) is 10.9. The first-order valence-corrected chi connectivity index (χ1v) is 8.80. The van der Waals surface area contributed by atoms with E-state index in [-0.39, 0.29) is 0 Å². The average Bonchev–Trinajstić information content (AvgIpc) is 3.34. The van der Waals surface area contributed by atoms with Crippen molar-refractivity contribution in [3.05, 3.63) is 79.0 Å². The summed E-state index contributed by atoms with van der Waals surface area (Å²) in [5.74, 6) is 0.792. The third kappa shape index (κ3) is 2.97. The van der Waals surface area contributed by atoms with E-state index in [1.165, 1.54) is 0 Å². The van der Waals surface area contributed by atoms with Crippen LogP contribution in [0.4, 0.5) is 0 Å². The van der Waals surface area contributed by atoms with E-state index in [1.807, 2.05) is 24.3 Å². The molecule has 8 heteroatoms. The Labute approximate surface area is 152 Å². The van der Waals surface area contributed by atoms with Crippen LogP contribution in [0, 0.1) is 5.92 Å². The molecule has 0 saturated heterocycles. The summed E-state index contributed by atoms with van der Waals surface area (Å²) in [5.41, 5.74) is 4.78. The van der Waals surface area contributed by atoms with Crippen LogP contribution in [0.2, 0.25) is 0 Å². The Morgan fingerprint density at radius 3 is 1.72 bits per heavy atom. The first-order valence-electron chi connectivity index (χ1n) is 7.34. The van der Waals surface area contributed by atoms with E-state index in [9.17, 15) is 0 Å². The summed E-state index contributed by atoms with van der Waals surface area (Å²) in [6.07, 6.45) is 8.73. The van der Waals surface area contributed by atoms with Crippen LogP contribution in [-0.2, 0) is 0 Å². The highest BCUT2D eigenvalue weighted by Crippen LogP contribution is 2.35. The lowest BCUT2D eigenvalue weighted by Crippen LogP contribution is -2.04. The fourth-order valence-corrected chi connectivity index (χ4v) is 3.58. The summed E-state index contributed by atoms with van der Waals surface area (Å²) < 4.78 is 17.8. The first-order chi connectivity index (χ1) is 12.4. The maximum Gasteiger partial charge on any atom is 0.110 e. The molecule has 25 heavy (non-hydrogen) atoms. The van der Waals surface area contributed by atoms with Gasteiger partial charge in [0.05, 0.1) is 29.4 Å². The topological polar surface area (TPSA) is 77.3 Å². The highest BCUT2D eigenvalue weighted by atomic mass is 32.1. The fraction of sp³-hybridized carbons (Fsp3) is 0. The van der Waals surface area contributed by atoms with E-state index in [2.05, 4.69) is 34.0 Å². The molecule has 0 atom stereocenters. The predicted octanol–water partition coefficient (Wildman–Crippen LogP) is 3.67. The van der Waals surface area contributed by atoms with Crippen molar-refractivity contribution in [1.29, 1.82) is 0 Å². The Morgan fingerprint density at radius 1 is 0.800 bits per heavy atom. The van der Waals surface area contributed by atoms with Gasteiger partial charge in [0, 0.05) is 35.9 Å². The lowest BCUT2D eigenvalue weighted by Gasteiger charge is -2.10. The minimum absolute atomic E-state index is 0.728. The second-order valence-corrected chi connectivity index (χ2v) is 6.08. The third-order valence-corrected chi connectivity index (χ3v) is 4.62. The monoisotopic (exact) mass is 363 g/mol. The van der Waals surface area contributed by atoms with Gasteiger partial charge in [-0.2, -0.15) is 17.5 Å². The molecule has 0 aliphatic carbocycles. The van der Waals surface area contributed by atoms with Gasteiger partial charge in [0.2, 0.25) is 0 Å². The van der Waals surface area contributed by atoms with Crippen LogP contribution in [-0.4, -0.2) is 27.5 Å². The zero-order chi connectivity index (χ0) is 17.1. The lowest BCUT2D eigenvalue weighted by molar-refractivity contribution is 1.16. The molecule has 0 N–H and O–H groups in total. The molecule has 4 aromatic rings. The van der Waals surface area contributed by atoms with Crippen LogP contribution < -0.4 is 0 Å². The number of aromatic nitrogens is 6. The molecule has 0 aromatic carbocycles. The number of rotatable bonds is 5. The maximum absolute atomic E-state index is 4.47. The molecule has 0 fully saturated rings. The van der Waals surface area contributed by atoms with Gasteiger partial charge in [-0.25, -0.2) is 0 Å². The minimum Gasteiger partial charge on any atom is -0.264 e. The SMILES string of the molecule is C=C[C](c1nsnc1-c1cccnc1)c1nsnc1-c1cccnc1. The van der Waals surface area contributed by atoms with Gasteiger partial charge in [0.1, 0.15) is 22.8 Å². The third-order valence-electron chi connectivity index (χ3n) is 3.56. The molecule has 121 valence electrons. The number of pyridine rings is 2. The average molecular weight is 363 g/mol. The maximum atomic E-state index is 4.47. The summed E-state index contributed by atoms with van der Waals surface area (Å²) in [6, 6.07) is 7.65. The van der Waals surface area contributed by atoms with Crippen molar-refractivity contribution in [3.63, 3.8) is 0 Å². The molecule has 0 aliphatic rings. The second kappa shape index (κ2) is 6.96. The summed E-state index contributed by atoms with van der Waals surface area (Å²) in [6.45, 7) is 3.95. The smallest absolute Gasteiger partial charge is 0.110 e. The van der Waals surface area contributed by atoms with Crippen molar-refractivity contribution in [2.24, 2.45) is 0 Å². The summed E-state index contributed by atoms with van der Waals surface area (Å²) in [4.78, 5) is 8.32. The number of hydrogen-bond donors (Lipinski definition) is 0. The first kappa shape index (κ1) is 15.7. The van der Waals surface area contributed by atoms with Crippen molar-refractivity contribution in [2.45, 2.75) is 0 Å². The van der Waals surface area contributed by atoms with E-state index in [0.29, 0.717) is 0 Å². The molecule has 6 nitrogen and oxygen atoms in total. The highest BCUT2D eigenvalue weighted by molar-refractivity contribution is 6.99. The van der Waals surface area contributed by atoms with Crippen molar-refractivity contribution in [3.8, 4) is 22.5 Å². The molecule has 0 unspecified atom stereocenters. The minimum atomic E-state index is 0.728. The van der Waals surface area contributed by atoms with Crippen LogP contribution in [0.5, 0.6) is 0 Å².